The molecule has 1 aromatic carbocycles. The van der Waals surface area contributed by atoms with E-state index in [4.69, 9.17) is 5.73 Å². The average molecular weight is 303 g/mol. The van der Waals surface area contributed by atoms with Gasteiger partial charge in [0.1, 0.15) is 0 Å². The predicted octanol–water partition coefficient (Wildman–Crippen LogP) is 2.03. The summed E-state index contributed by atoms with van der Waals surface area (Å²) in [6, 6.07) is 9.34. The smallest absolute Gasteiger partial charge is 0.321 e. The fourth-order valence-electron chi connectivity index (χ4n) is 3.32. The molecule has 0 bridgehead atoms. The zero-order chi connectivity index (χ0) is 15.5. The number of carbonyl (C=O) groups is 1. The van der Waals surface area contributed by atoms with Crippen molar-refractivity contribution in [1.82, 2.24) is 4.90 Å². The van der Waals surface area contributed by atoms with Crippen LogP contribution in [0.15, 0.2) is 30.3 Å². The first-order valence-corrected chi connectivity index (χ1v) is 8.16. The van der Waals surface area contributed by atoms with Crippen molar-refractivity contribution in [3.8, 4) is 0 Å². The van der Waals surface area contributed by atoms with Gasteiger partial charge in [-0.25, -0.2) is 4.79 Å². The Morgan fingerprint density at radius 2 is 2.05 bits per heavy atom. The number of para-hydroxylation sites is 1. The number of nitrogens with two attached hydrogens (primary N) is 1. The van der Waals surface area contributed by atoms with Crippen LogP contribution in [-0.4, -0.2) is 41.3 Å². The van der Waals surface area contributed by atoms with Crippen LogP contribution in [0.2, 0.25) is 0 Å². The SMILES string of the molecule is NC1CC(CC(O)C2CC2)CN(C(=O)Nc2ccccc2)C1. The largest absolute Gasteiger partial charge is 0.393 e. The van der Waals surface area contributed by atoms with Gasteiger partial charge in [-0.15, -0.1) is 0 Å². The molecule has 2 aliphatic rings. The maximum atomic E-state index is 12.4. The Balaban J connectivity index is 1.56. The summed E-state index contributed by atoms with van der Waals surface area (Å²) in [5.41, 5.74) is 6.90. The van der Waals surface area contributed by atoms with E-state index in [-0.39, 0.29) is 18.2 Å². The molecule has 1 saturated carbocycles. The van der Waals surface area contributed by atoms with Crippen molar-refractivity contribution in [3.05, 3.63) is 30.3 Å². The highest BCUT2D eigenvalue weighted by molar-refractivity contribution is 5.89. The molecule has 22 heavy (non-hydrogen) atoms. The van der Waals surface area contributed by atoms with Crippen LogP contribution < -0.4 is 11.1 Å². The zero-order valence-corrected chi connectivity index (χ0v) is 12.8. The number of nitrogens with zero attached hydrogens (tertiary/aromatic N) is 1. The topological polar surface area (TPSA) is 78.6 Å². The summed E-state index contributed by atoms with van der Waals surface area (Å²) < 4.78 is 0. The van der Waals surface area contributed by atoms with Crippen LogP contribution in [0.25, 0.3) is 0 Å². The Labute approximate surface area is 131 Å². The second-order valence-corrected chi connectivity index (χ2v) is 6.70. The molecule has 1 aliphatic carbocycles. The van der Waals surface area contributed by atoms with Gasteiger partial charge in [0.05, 0.1) is 6.10 Å². The lowest BCUT2D eigenvalue weighted by molar-refractivity contribution is 0.0907. The molecule has 3 rings (SSSR count). The first-order chi connectivity index (χ1) is 10.6. The third kappa shape index (κ3) is 3.99. The molecule has 4 N–H and O–H groups in total. The highest BCUT2D eigenvalue weighted by Gasteiger charge is 2.34. The molecule has 1 heterocycles. The van der Waals surface area contributed by atoms with Gasteiger partial charge >= 0.3 is 6.03 Å². The number of piperidine rings is 1. The van der Waals surface area contributed by atoms with Gasteiger partial charge in [-0.2, -0.15) is 0 Å². The maximum absolute atomic E-state index is 12.4. The van der Waals surface area contributed by atoms with Gasteiger partial charge in [-0.05, 0) is 49.7 Å². The zero-order valence-electron chi connectivity index (χ0n) is 12.8. The van der Waals surface area contributed by atoms with Crippen LogP contribution in [0, 0.1) is 11.8 Å². The van der Waals surface area contributed by atoms with Crippen molar-refractivity contribution in [2.24, 2.45) is 17.6 Å². The van der Waals surface area contributed by atoms with Gasteiger partial charge in [0.25, 0.3) is 0 Å². The van der Waals surface area contributed by atoms with E-state index in [2.05, 4.69) is 5.32 Å². The highest BCUT2D eigenvalue weighted by Crippen LogP contribution is 2.36. The molecular formula is C17H25N3O2. The van der Waals surface area contributed by atoms with Gasteiger partial charge in [0, 0.05) is 24.8 Å². The number of nitrogens with one attached hydrogen (secondary N) is 1. The minimum absolute atomic E-state index is 0.00771. The van der Waals surface area contributed by atoms with Crippen LogP contribution in [-0.2, 0) is 0 Å². The number of benzene rings is 1. The molecule has 3 unspecified atom stereocenters. The number of aliphatic hydroxyl groups is 1. The van der Waals surface area contributed by atoms with Crippen LogP contribution in [0.4, 0.5) is 10.5 Å². The molecule has 0 spiro atoms. The summed E-state index contributed by atoms with van der Waals surface area (Å²) in [5.74, 6) is 0.769. The van der Waals surface area contributed by atoms with Crippen molar-refractivity contribution in [3.63, 3.8) is 0 Å². The van der Waals surface area contributed by atoms with Crippen molar-refractivity contribution >= 4 is 11.7 Å². The van der Waals surface area contributed by atoms with Gasteiger partial charge < -0.3 is 21.1 Å². The quantitative estimate of drug-likeness (QED) is 0.796. The first kappa shape index (κ1) is 15.3. The Hall–Kier alpha value is -1.59. The van der Waals surface area contributed by atoms with Crippen LogP contribution in [0.3, 0.4) is 0 Å². The number of rotatable bonds is 4. The molecule has 3 atom stereocenters. The molecular weight excluding hydrogens is 278 g/mol. The number of aliphatic hydroxyl groups excluding tert-OH is 1. The minimum Gasteiger partial charge on any atom is -0.393 e. The van der Waals surface area contributed by atoms with Gasteiger partial charge in [-0.3, -0.25) is 0 Å². The number of anilines is 1. The van der Waals surface area contributed by atoms with Crippen LogP contribution in [0.1, 0.15) is 25.7 Å². The molecule has 1 aliphatic heterocycles. The second kappa shape index (κ2) is 6.67. The molecule has 120 valence electrons. The summed E-state index contributed by atoms with van der Waals surface area (Å²) in [4.78, 5) is 14.2. The molecule has 0 aromatic heterocycles. The third-order valence-corrected chi connectivity index (χ3v) is 4.62. The van der Waals surface area contributed by atoms with E-state index in [0.717, 1.165) is 31.4 Å². The second-order valence-electron chi connectivity index (χ2n) is 6.70. The number of likely N-dealkylation sites (tertiary alicyclic amines) is 1. The molecule has 5 heteroatoms. The van der Waals surface area contributed by atoms with E-state index in [0.29, 0.717) is 24.9 Å². The summed E-state index contributed by atoms with van der Waals surface area (Å²) in [6.45, 7) is 1.25. The van der Waals surface area contributed by atoms with Gasteiger partial charge in [-0.1, -0.05) is 18.2 Å². The monoisotopic (exact) mass is 303 g/mol. The predicted molar refractivity (Wildman–Crippen MR) is 86.5 cm³/mol. The summed E-state index contributed by atoms with van der Waals surface area (Å²) in [5, 5.41) is 13.0. The van der Waals surface area contributed by atoms with E-state index < -0.39 is 0 Å². The molecule has 0 radical (unpaired) electrons. The van der Waals surface area contributed by atoms with Crippen molar-refractivity contribution in [2.75, 3.05) is 18.4 Å². The van der Waals surface area contributed by atoms with Gasteiger partial charge in [0.2, 0.25) is 0 Å². The number of hydrogen-bond donors (Lipinski definition) is 3. The lowest BCUT2D eigenvalue weighted by Gasteiger charge is -2.37. The average Bonchev–Trinajstić information content (AvgIpc) is 3.32. The number of amides is 2. The molecule has 1 aromatic rings. The van der Waals surface area contributed by atoms with E-state index in [9.17, 15) is 9.90 Å². The minimum atomic E-state index is -0.227. The lowest BCUT2D eigenvalue weighted by atomic mass is 9.89. The van der Waals surface area contributed by atoms with Crippen LogP contribution in [0.5, 0.6) is 0 Å². The fourth-order valence-corrected chi connectivity index (χ4v) is 3.32. The normalized spacial score (nSPS) is 26.5. The fraction of sp³-hybridized carbons (Fsp3) is 0.588. The van der Waals surface area contributed by atoms with E-state index >= 15 is 0 Å². The number of urea groups is 1. The van der Waals surface area contributed by atoms with E-state index in [1.165, 1.54) is 0 Å². The van der Waals surface area contributed by atoms with E-state index in [1.807, 2.05) is 30.3 Å². The molecule has 1 saturated heterocycles. The van der Waals surface area contributed by atoms with Crippen molar-refractivity contribution in [1.29, 1.82) is 0 Å². The Morgan fingerprint density at radius 1 is 1.32 bits per heavy atom. The Bertz CT molecular complexity index is 504. The molecule has 2 fully saturated rings. The standard InChI is InChI=1S/C17H25N3O2/c18-14-8-12(9-16(21)13-6-7-13)10-20(11-14)17(22)19-15-4-2-1-3-5-15/h1-5,12-14,16,21H,6-11,18H2,(H,19,22). The first-order valence-electron chi connectivity index (χ1n) is 8.16. The molecule has 2 amide bonds. The Kier molecular flexibility index (Phi) is 4.64. The van der Waals surface area contributed by atoms with E-state index in [1.54, 1.807) is 4.90 Å². The van der Waals surface area contributed by atoms with Crippen molar-refractivity contribution in [2.45, 2.75) is 37.8 Å². The number of carbonyl (C=O) groups excluding carboxylic acids is 1. The maximum Gasteiger partial charge on any atom is 0.321 e. The highest BCUT2D eigenvalue weighted by atomic mass is 16.3. The third-order valence-electron chi connectivity index (χ3n) is 4.62. The van der Waals surface area contributed by atoms with Crippen molar-refractivity contribution < 1.29 is 9.90 Å². The van der Waals surface area contributed by atoms with Crippen LogP contribution >= 0.6 is 0 Å². The van der Waals surface area contributed by atoms with Gasteiger partial charge in [0.15, 0.2) is 0 Å². The number of hydrogen-bond acceptors (Lipinski definition) is 3. The Morgan fingerprint density at radius 3 is 2.73 bits per heavy atom. The summed E-state index contributed by atoms with van der Waals surface area (Å²) in [6.07, 6.45) is 3.69. The lowest BCUT2D eigenvalue weighted by Crippen LogP contribution is -2.51. The summed E-state index contributed by atoms with van der Waals surface area (Å²) >= 11 is 0. The summed E-state index contributed by atoms with van der Waals surface area (Å²) in [7, 11) is 0. The molecule has 5 nitrogen and oxygen atoms in total.